The van der Waals surface area contributed by atoms with Gasteiger partial charge in [-0.3, -0.25) is 0 Å². The molecule has 2 heterocycles. The van der Waals surface area contributed by atoms with Crippen LogP contribution in [0.4, 0.5) is 0 Å². The summed E-state index contributed by atoms with van der Waals surface area (Å²) in [6, 6.07) is 5.52. The Labute approximate surface area is 138 Å². The molecule has 2 aliphatic rings. The van der Waals surface area contributed by atoms with E-state index in [9.17, 15) is 8.42 Å². The highest BCUT2D eigenvalue weighted by molar-refractivity contribution is 7.89. The molecular weight excluding hydrogens is 324 g/mol. The van der Waals surface area contributed by atoms with E-state index in [1.165, 1.54) is 0 Å². The highest BCUT2D eigenvalue weighted by Gasteiger charge is 2.25. The van der Waals surface area contributed by atoms with Crippen LogP contribution in [0.3, 0.4) is 0 Å². The van der Waals surface area contributed by atoms with E-state index in [1.807, 2.05) is 0 Å². The summed E-state index contributed by atoms with van der Waals surface area (Å²) < 4.78 is 33.4. The first-order valence-corrected chi connectivity index (χ1v) is 9.04. The Hall–Kier alpha value is -0.820. The molecule has 0 spiro atoms. The fraction of sp³-hybridized carbons (Fsp3) is 0.600. The van der Waals surface area contributed by atoms with Crippen LogP contribution in [0.15, 0.2) is 23.1 Å². The second-order valence-electron chi connectivity index (χ2n) is 5.92. The van der Waals surface area contributed by atoms with Gasteiger partial charge in [-0.25, -0.2) is 13.1 Å². The Bertz CT molecular complexity index is 621. The molecule has 1 aromatic carbocycles. The third kappa shape index (κ3) is 3.93. The normalized spacial score (nSPS) is 24.8. The fourth-order valence-electron chi connectivity index (χ4n) is 3.03. The molecule has 1 saturated heterocycles. The number of nitrogens with one attached hydrogen (secondary N) is 2. The molecule has 22 heavy (non-hydrogen) atoms. The highest BCUT2D eigenvalue weighted by atomic mass is 35.5. The van der Waals surface area contributed by atoms with Crippen molar-refractivity contribution in [3.05, 3.63) is 23.8 Å². The van der Waals surface area contributed by atoms with Crippen molar-refractivity contribution in [2.24, 2.45) is 0 Å². The zero-order chi connectivity index (χ0) is 14.9. The molecule has 2 N–H and O–H groups in total. The molecule has 0 bridgehead atoms. The summed E-state index contributed by atoms with van der Waals surface area (Å²) in [6.45, 7) is 3.65. The lowest BCUT2D eigenvalue weighted by Crippen LogP contribution is -2.46. The first-order valence-electron chi connectivity index (χ1n) is 7.56. The Balaban J connectivity index is 0.00000176. The molecule has 3 rings (SSSR count). The molecule has 7 heteroatoms. The van der Waals surface area contributed by atoms with Gasteiger partial charge in [0.1, 0.15) is 5.75 Å². The Morgan fingerprint density at radius 3 is 2.95 bits per heavy atom. The number of piperidine rings is 1. The van der Waals surface area contributed by atoms with Crippen LogP contribution in [0.1, 0.15) is 31.7 Å². The van der Waals surface area contributed by atoms with Crippen LogP contribution in [0.25, 0.3) is 0 Å². The van der Waals surface area contributed by atoms with Crippen molar-refractivity contribution in [1.29, 1.82) is 0 Å². The number of hydrogen-bond acceptors (Lipinski definition) is 4. The molecule has 5 nitrogen and oxygen atoms in total. The van der Waals surface area contributed by atoms with Gasteiger partial charge < -0.3 is 10.1 Å². The van der Waals surface area contributed by atoms with Crippen LogP contribution in [0.5, 0.6) is 5.75 Å². The number of ether oxygens (including phenoxy) is 1. The monoisotopic (exact) mass is 346 g/mol. The van der Waals surface area contributed by atoms with E-state index >= 15 is 0 Å². The third-order valence-corrected chi connectivity index (χ3v) is 5.65. The minimum absolute atomic E-state index is 0. The number of fused-ring (bicyclic) bond motifs is 1. The van der Waals surface area contributed by atoms with Crippen molar-refractivity contribution in [3.63, 3.8) is 0 Å². The van der Waals surface area contributed by atoms with E-state index in [0.29, 0.717) is 17.5 Å². The van der Waals surface area contributed by atoms with Gasteiger partial charge in [-0.1, -0.05) is 0 Å². The van der Waals surface area contributed by atoms with E-state index in [2.05, 4.69) is 17.0 Å². The summed E-state index contributed by atoms with van der Waals surface area (Å²) in [7, 11) is -3.45. The van der Waals surface area contributed by atoms with Crippen molar-refractivity contribution in [2.45, 2.75) is 49.6 Å². The minimum atomic E-state index is -3.45. The summed E-state index contributed by atoms with van der Waals surface area (Å²) in [4.78, 5) is 0.345. The molecule has 1 aromatic rings. The lowest BCUT2D eigenvalue weighted by atomic mass is 10.0. The molecular formula is C15H23ClN2O3S. The van der Waals surface area contributed by atoms with E-state index in [-0.39, 0.29) is 18.4 Å². The average molecular weight is 347 g/mol. The van der Waals surface area contributed by atoms with E-state index in [0.717, 1.165) is 43.5 Å². The van der Waals surface area contributed by atoms with Gasteiger partial charge in [-0.05, 0) is 62.9 Å². The van der Waals surface area contributed by atoms with Crippen molar-refractivity contribution in [2.75, 3.05) is 13.2 Å². The predicted octanol–water partition coefficient (Wildman–Crippen LogP) is 1.85. The van der Waals surface area contributed by atoms with Gasteiger partial charge in [0.25, 0.3) is 0 Å². The standard InChI is InChI=1S/C15H22N2O3S.ClH/c1-11-9-13(6-7-16-11)17-21(18,19)14-4-5-15-12(10-14)3-2-8-20-15;/h4-5,10-11,13,16-17H,2-3,6-9H2,1H3;1H. The van der Waals surface area contributed by atoms with Crippen molar-refractivity contribution >= 4 is 22.4 Å². The number of aryl methyl sites for hydroxylation is 1. The zero-order valence-electron chi connectivity index (χ0n) is 12.7. The summed E-state index contributed by atoms with van der Waals surface area (Å²) >= 11 is 0. The van der Waals surface area contributed by atoms with Crippen molar-refractivity contribution in [1.82, 2.24) is 10.0 Å². The third-order valence-electron chi connectivity index (χ3n) is 4.14. The molecule has 0 radical (unpaired) electrons. The maximum Gasteiger partial charge on any atom is 0.240 e. The second kappa shape index (κ2) is 7.17. The van der Waals surface area contributed by atoms with Crippen LogP contribution in [-0.2, 0) is 16.4 Å². The lowest BCUT2D eigenvalue weighted by molar-refractivity contribution is 0.288. The van der Waals surface area contributed by atoms with Gasteiger partial charge >= 0.3 is 0 Å². The first-order chi connectivity index (χ1) is 10.0. The van der Waals surface area contributed by atoms with Crippen LogP contribution in [0.2, 0.25) is 0 Å². The molecule has 1 fully saturated rings. The Morgan fingerprint density at radius 2 is 2.18 bits per heavy atom. The highest BCUT2D eigenvalue weighted by Crippen LogP contribution is 2.27. The molecule has 124 valence electrons. The Morgan fingerprint density at radius 1 is 1.36 bits per heavy atom. The maximum atomic E-state index is 12.5. The molecule has 0 aromatic heterocycles. The number of halogens is 1. The summed E-state index contributed by atoms with van der Waals surface area (Å²) in [6.07, 6.45) is 3.48. The van der Waals surface area contributed by atoms with Gasteiger partial charge in [-0.15, -0.1) is 12.4 Å². The van der Waals surface area contributed by atoms with E-state index in [1.54, 1.807) is 18.2 Å². The zero-order valence-corrected chi connectivity index (χ0v) is 14.3. The van der Waals surface area contributed by atoms with Gasteiger partial charge in [0, 0.05) is 12.1 Å². The van der Waals surface area contributed by atoms with Crippen molar-refractivity contribution in [3.8, 4) is 5.75 Å². The minimum Gasteiger partial charge on any atom is -0.493 e. The fourth-order valence-corrected chi connectivity index (χ4v) is 4.36. The number of hydrogen-bond donors (Lipinski definition) is 2. The van der Waals surface area contributed by atoms with E-state index < -0.39 is 10.0 Å². The lowest BCUT2D eigenvalue weighted by Gasteiger charge is -2.28. The topological polar surface area (TPSA) is 67.4 Å². The molecule has 2 aliphatic heterocycles. The summed E-state index contributed by atoms with van der Waals surface area (Å²) in [5, 5.41) is 3.33. The predicted molar refractivity (Wildman–Crippen MR) is 88.3 cm³/mol. The molecule has 0 amide bonds. The molecule has 2 atom stereocenters. The van der Waals surface area contributed by atoms with Gasteiger partial charge in [-0.2, -0.15) is 0 Å². The average Bonchev–Trinajstić information content (AvgIpc) is 2.46. The van der Waals surface area contributed by atoms with Crippen LogP contribution < -0.4 is 14.8 Å². The molecule has 2 unspecified atom stereocenters. The summed E-state index contributed by atoms with van der Waals surface area (Å²) in [5.41, 5.74) is 0.989. The first kappa shape index (κ1) is 17.5. The van der Waals surface area contributed by atoms with Gasteiger partial charge in [0.05, 0.1) is 11.5 Å². The number of sulfonamides is 1. The van der Waals surface area contributed by atoms with Crippen molar-refractivity contribution < 1.29 is 13.2 Å². The van der Waals surface area contributed by atoms with E-state index in [4.69, 9.17) is 4.74 Å². The quantitative estimate of drug-likeness (QED) is 0.876. The van der Waals surface area contributed by atoms with Crippen LogP contribution in [-0.4, -0.2) is 33.7 Å². The van der Waals surface area contributed by atoms with Crippen LogP contribution in [0, 0.1) is 0 Å². The van der Waals surface area contributed by atoms with Gasteiger partial charge in [0.15, 0.2) is 0 Å². The van der Waals surface area contributed by atoms with Gasteiger partial charge in [0.2, 0.25) is 10.0 Å². The SMILES string of the molecule is CC1CC(NS(=O)(=O)c2ccc3c(c2)CCCO3)CCN1.Cl. The molecule has 0 saturated carbocycles. The van der Waals surface area contributed by atoms with Crippen LogP contribution >= 0.6 is 12.4 Å². The number of benzene rings is 1. The maximum absolute atomic E-state index is 12.5. The Kier molecular flexibility index (Phi) is 5.71. The summed E-state index contributed by atoms with van der Waals surface area (Å²) in [5.74, 6) is 0.815. The number of rotatable bonds is 3. The second-order valence-corrected chi connectivity index (χ2v) is 7.63. The smallest absolute Gasteiger partial charge is 0.240 e. The molecule has 0 aliphatic carbocycles. The largest absolute Gasteiger partial charge is 0.493 e.